The van der Waals surface area contributed by atoms with E-state index in [1.807, 2.05) is 12.1 Å². The van der Waals surface area contributed by atoms with Crippen LogP contribution in [0.25, 0.3) is 0 Å². The van der Waals surface area contributed by atoms with Crippen LogP contribution in [0.4, 0.5) is 5.69 Å². The van der Waals surface area contributed by atoms with Crippen molar-refractivity contribution in [3.05, 3.63) is 51.2 Å². The van der Waals surface area contributed by atoms with Crippen molar-refractivity contribution in [3.8, 4) is 0 Å². The Hall–Kier alpha value is -2.42. The number of nitrogens with one attached hydrogen (secondary N) is 2. The van der Waals surface area contributed by atoms with Crippen LogP contribution in [0.5, 0.6) is 0 Å². The molecule has 1 aliphatic heterocycles. The van der Waals surface area contributed by atoms with Crippen LogP contribution in [-0.4, -0.2) is 48.1 Å². The number of rotatable bonds is 6. The van der Waals surface area contributed by atoms with Gasteiger partial charge in [0.2, 0.25) is 5.91 Å². The molecule has 3 amide bonds. The number of carbonyl (C=O) groups is 3. The standard InChI is InChI=1S/C24H28ClN3O4S/c25-21-10-9-20(33-21)24(32)27-19-13-15(14-29)12-18(19)26-23(31)16-5-7-17(8-6-16)28-11-3-1-2-4-22(28)30/h5-10,15,18-19,29H,1-4,11-14H2,(H,26,31)(H,27,32)/t15-,18-,19+/m0/s1. The number of aliphatic hydroxyl groups is 1. The second-order valence-corrected chi connectivity index (χ2v) is 10.4. The highest BCUT2D eigenvalue weighted by molar-refractivity contribution is 7.18. The average molecular weight is 490 g/mol. The van der Waals surface area contributed by atoms with Gasteiger partial charge in [-0.2, -0.15) is 0 Å². The first kappa shape index (κ1) is 23.7. The van der Waals surface area contributed by atoms with Crippen molar-refractivity contribution in [2.45, 2.75) is 50.6 Å². The Morgan fingerprint density at radius 1 is 1.00 bits per heavy atom. The third kappa shape index (κ3) is 5.75. The number of carbonyl (C=O) groups excluding carboxylic acids is 3. The van der Waals surface area contributed by atoms with Gasteiger partial charge in [-0.3, -0.25) is 14.4 Å². The maximum absolute atomic E-state index is 12.9. The Labute approximate surface area is 202 Å². The zero-order valence-corrected chi connectivity index (χ0v) is 19.8. The molecule has 0 spiro atoms. The summed E-state index contributed by atoms with van der Waals surface area (Å²) < 4.78 is 0.537. The number of hydrogen-bond acceptors (Lipinski definition) is 5. The summed E-state index contributed by atoms with van der Waals surface area (Å²) in [5.41, 5.74) is 1.29. The summed E-state index contributed by atoms with van der Waals surface area (Å²) in [4.78, 5) is 40.1. The van der Waals surface area contributed by atoms with Gasteiger partial charge in [0, 0.05) is 42.9 Å². The molecular weight excluding hydrogens is 462 g/mol. The van der Waals surface area contributed by atoms with Crippen LogP contribution >= 0.6 is 22.9 Å². The van der Waals surface area contributed by atoms with Gasteiger partial charge in [-0.1, -0.05) is 18.0 Å². The van der Waals surface area contributed by atoms with Crippen LogP contribution in [0.2, 0.25) is 4.34 Å². The fraction of sp³-hybridized carbons (Fsp3) is 0.458. The van der Waals surface area contributed by atoms with Crippen molar-refractivity contribution >= 4 is 46.3 Å². The van der Waals surface area contributed by atoms with Gasteiger partial charge in [0.25, 0.3) is 11.8 Å². The maximum Gasteiger partial charge on any atom is 0.261 e. The van der Waals surface area contributed by atoms with E-state index in [9.17, 15) is 19.5 Å². The predicted molar refractivity (Wildman–Crippen MR) is 129 cm³/mol. The van der Waals surface area contributed by atoms with Gasteiger partial charge in [-0.05, 0) is 68.0 Å². The summed E-state index contributed by atoms with van der Waals surface area (Å²) in [6.07, 6.45) is 4.67. The molecule has 2 heterocycles. The van der Waals surface area contributed by atoms with Gasteiger partial charge in [-0.25, -0.2) is 0 Å². The molecule has 1 aromatic carbocycles. The normalized spacial score (nSPS) is 23.3. The topological polar surface area (TPSA) is 98.7 Å². The molecule has 0 unspecified atom stereocenters. The van der Waals surface area contributed by atoms with Crippen molar-refractivity contribution in [2.24, 2.45) is 5.92 Å². The monoisotopic (exact) mass is 489 g/mol. The largest absolute Gasteiger partial charge is 0.396 e. The highest BCUT2D eigenvalue weighted by Crippen LogP contribution is 2.28. The van der Waals surface area contributed by atoms with E-state index in [0.717, 1.165) is 24.9 Å². The van der Waals surface area contributed by atoms with Crippen LogP contribution < -0.4 is 15.5 Å². The zero-order chi connectivity index (χ0) is 23.4. The summed E-state index contributed by atoms with van der Waals surface area (Å²) in [5, 5.41) is 15.6. The van der Waals surface area contributed by atoms with Crippen LogP contribution in [0.15, 0.2) is 36.4 Å². The molecule has 0 radical (unpaired) electrons. The molecule has 2 aliphatic rings. The summed E-state index contributed by atoms with van der Waals surface area (Å²) in [5.74, 6) is -0.354. The number of amides is 3. The fourth-order valence-electron chi connectivity index (χ4n) is 4.59. The lowest BCUT2D eigenvalue weighted by Crippen LogP contribution is -2.48. The molecule has 1 aromatic heterocycles. The molecular formula is C24H28ClN3O4S. The van der Waals surface area contributed by atoms with Crippen molar-refractivity contribution in [2.75, 3.05) is 18.1 Å². The lowest BCUT2D eigenvalue weighted by molar-refractivity contribution is -0.118. The molecule has 176 valence electrons. The van der Waals surface area contributed by atoms with Gasteiger partial charge < -0.3 is 20.6 Å². The number of anilines is 1. The molecule has 33 heavy (non-hydrogen) atoms. The molecule has 1 aliphatic carbocycles. The second kappa shape index (κ2) is 10.7. The lowest BCUT2D eigenvalue weighted by atomic mass is 10.1. The fourth-order valence-corrected chi connectivity index (χ4v) is 5.53. The minimum Gasteiger partial charge on any atom is -0.396 e. The SMILES string of the molecule is O=C(N[C@H]1C[C@H](CO)C[C@H]1NC(=O)c1ccc(Cl)s1)c1ccc(N2CCCCCC2=O)cc1. The number of benzene rings is 1. The second-order valence-electron chi connectivity index (χ2n) is 8.69. The van der Waals surface area contributed by atoms with Crippen molar-refractivity contribution in [1.29, 1.82) is 0 Å². The van der Waals surface area contributed by atoms with Gasteiger partial charge in [0.05, 0.1) is 9.21 Å². The van der Waals surface area contributed by atoms with E-state index in [2.05, 4.69) is 10.6 Å². The van der Waals surface area contributed by atoms with Crippen molar-refractivity contribution < 1.29 is 19.5 Å². The van der Waals surface area contributed by atoms with Crippen LogP contribution in [0, 0.1) is 5.92 Å². The van der Waals surface area contributed by atoms with E-state index in [4.69, 9.17) is 11.6 Å². The Morgan fingerprint density at radius 3 is 2.33 bits per heavy atom. The number of halogens is 1. The van der Waals surface area contributed by atoms with E-state index >= 15 is 0 Å². The van der Waals surface area contributed by atoms with Gasteiger partial charge in [-0.15, -0.1) is 11.3 Å². The highest BCUT2D eigenvalue weighted by Gasteiger charge is 2.36. The first-order valence-corrected chi connectivity index (χ1v) is 12.5. The Kier molecular flexibility index (Phi) is 7.67. The molecule has 1 saturated carbocycles. The van der Waals surface area contributed by atoms with E-state index in [-0.39, 0.29) is 42.3 Å². The molecule has 7 nitrogen and oxygen atoms in total. The molecule has 2 aromatic rings. The molecule has 0 bridgehead atoms. The number of aliphatic hydroxyl groups excluding tert-OH is 1. The lowest BCUT2D eigenvalue weighted by Gasteiger charge is -2.23. The van der Waals surface area contributed by atoms with Gasteiger partial charge in [0.1, 0.15) is 0 Å². The number of hydrogen-bond donors (Lipinski definition) is 3. The molecule has 9 heteroatoms. The minimum atomic E-state index is -0.291. The molecule has 1 saturated heterocycles. The molecule has 3 N–H and O–H groups in total. The Bertz CT molecular complexity index is 1010. The first-order chi connectivity index (χ1) is 15.9. The smallest absolute Gasteiger partial charge is 0.261 e. The summed E-state index contributed by atoms with van der Waals surface area (Å²) in [6.45, 7) is 0.702. The van der Waals surface area contributed by atoms with Crippen LogP contribution in [-0.2, 0) is 4.79 Å². The summed E-state index contributed by atoms with van der Waals surface area (Å²) >= 11 is 7.14. The van der Waals surface area contributed by atoms with E-state index in [1.165, 1.54) is 11.3 Å². The average Bonchev–Trinajstić information content (AvgIpc) is 3.35. The Balaban J connectivity index is 1.41. The van der Waals surface area contributed by atoms with E-state index in [0.29, 0.717) is 40.6 Å². The molecule has 3 atom stereocenters. The van der Waals surface area contributed by atoms with Crippen LogP contribution in [0.3, 0.4) is 0 Å². The van der Waals surface area contributed by atoms with E-state index in [1.54, 1.807) is 29.2 Å². The Morgan fingerprint density at radius 2 is 1.70 bits per heavy atom. The number of thiophene rings is 1. The summed E-state index contributed by atoms with van der Waals surface area (Å²) in [7, 11) is 0. The van der Waals surface area contributed by atoms with Gasteiger partial charge >= 0.3 is 0 Å². The van der Waals surface area contributed by atoms with Crippen molar-refractivity contribution in [3.63, 3.8) is 0 Å². The molecule has 2 fully saturated rings. The van der Waals surface area contributed by atoms with Gasteiger partial charge in [0.15, 0.2) is 0 Å². The maximum atomic E-state index is 12.9. The first-order valence-electron chi connectivity index (χ1n) is 11.3. The third-order valence-corrected chi connectivity index (χ3v) is 7.59. The predicted octanol–water partition coefficient (Wildman–Crippen LogP) is 3.61. The summed E-state index contributed by atoms with van der Waals surface area (Å²) in [6, 6.07) is 9.84. The third-order valence-electron chi connectivity index (χ3n) is 6.36. The van der Waals surface area contributed by atoms with Crippen molar-refractivity contribution in [1.82, 2.24) is 10.6 Å². The zero-order valence-electron chi connectivity index (χ0n) is 18.3. The minimum absolute atomic E-state index is 0.00211. The molecule has 4 rings (SSSR count). The quantitative estimate of drug-likeness (QED) is 0.577. The number of nitrogens with zero attached hydrogens (tertiary/aromatic N) is 1. The van der Waals surface area contributed by atoms with E-state index < -0.39 is 0 Å². The highest BCUT2D eigenvalue weighted by atomic mass is 35.5. The van der Waals surface area contributed by atoms with Crippen LogP contribution in [0.1, 0.15) is 58.6 Å².